The zero-order valence-corrected chi connectivity index (χ0v) is 12.9. The number of fused-ring (bicyclic) bond motifs is 1. The Bertz CT molecular complexity index is 762. The second-order valence-electron chi connectivity index (χ2n) is 4.87. The highest BCUT2D eigenvalue weighted by atomic mass is 79.9. The first kappa shape index (κ1) is 13.3. The lowest BCUT2D eigenvalue weighted by molar-refractivity contribution is 0.951. The van der Waals surface area contributed by atoms with Crippen molar-refractivity contribution in [2.75, 3.05) is 6.54 Å². The average Bonchev–Trinajstić information content (AvgIpc) is 2.76. The molecule has 0 amide bonds. The summed E-state index contributed by atoms with van der Waals surface area (Å²) >= 11 is 3.49. The number of hydrogen-bond donors (Lipinski definition) is 1. The van der Waals surface area contributed by atoms with E-state index in [-0.39, 0.29) is 0 Å². The summed E-state index contributed by atoms with van der Waals surface area (Å²) in [6.45, 7) is 0.666. The monoisotopic (exact) mass is 329 g/mol. The molecule has 0 saturated carbocycles. The first-order valence-electron chi connectivity index (χ1n) is 6.60. The number of benzene rings is 2. The lowest BCUT2D eigenvalue weighted by atomic mass is 10.1. The fourth-order valence-electron chi connectivity index (χ4n) is 2.46. The van der Waals surface area contributed by atoms with E-state index in [1.165, 1.54) is 5.56 Å². The molecule has 3 nitrogen and oxygen atoms in total. The number of rotatable bonds is 3. The van der Waals surface area contributed by atoms with Crippen LogP contribution in [0.5, 0.6) is 0 Å². The first-order valence-corrected chi connectivity index (χ1v) is 7.39. The van der Waals surface area contributed by atoms with Gasteiger partial charge in [0.25, 0.3) is 0 Å². The van der Waals surface area contributed by atoms with Gasteiger partial charge in [-0.2, -0.15) is 0 Å². The van der Waals surface area contributed by atoms with Gasteiger partial charge in [-0.15, -0.1) is 0 Å². The number of imidazole rings is 1. The summed E-state index contributed by atoms with van der Waals surface area (Å²) in [4.78, 5) is 4.75. The molecule has 0 atom stereocenters. The van der Waals surface area contributed by atoms with Crippen molar-refractivity contribution in [1.82, 2.24) is 9.55 Å². The van der Waals surface area contributed by atoms with Crippen LogP contribution in [0.2, 0.25) is 0 Å². The average molecular weight is 330 g/mol. The van der Waals surface area contributed by atoms with Crippen LogP contribution in [0.3, 0.4) is 0 Å². The van der Waals surface area contributed by atoms with Crippen LogP contribution in [0.1, 0.15) is 5.56 Å². The third-order valence-electron chi connectivity index (χ3n) is 3.46. The number of halogens is 1. The second-order valence-corrected chi connectivity index (χ2v) is 5.78. The molecular weight excluding hydrogens is 314 g/mol. The maximum absolute atomic E-state index is 5.63. The lowest BCUT2D eigenvalue weighted by Crippen LogP contribution is -2.02. The molecule has 0 aliphatic rings. The van der Waals surface area contributed by atoms with Crippen molar-refractivity contribution in [3.8, 4) is 11.4 Å². The number of aryl methyl sites for hydroxylation is 1. The molecule has 0 saturated heterocycles. The minimum atomic E-state index is 0.666. The van der Waals surface area contributed by atoms with Crippen molar-refractivity contribution < 1.29 is 0 Å². The Hall–Kier alpha value is -1.65. The number of aromatic nitrogens is 2. The molecule has 1 heterocycles. The summed E-state index contributed by atoms with van der Waals surface area (Å²) in [7, 11) is 2.05. The van der Waals surface area contributed by atoms with Crippen LogP contribution in [0, 0.1) is 0 Å². The third-order valence-corrected chi connectivity index (χ3v) is 3.95. The van der Waals surface area contributed by atoms with Crippen LogP contribution in [0.4, 0.5) is 0 Å². The zero-order chi connectivity index (χ0) is 14.1. The van der Waals surface area contributed by atoms with Gasteiger partial charge in [0.15, 0.2) is 0 Å². The number of hydrogen-bond acceptors (Lipinski definition) is 2. The van der Waals surface area contributed by atoms with E-state index in [0.717, 1.165) is 33.3 Å². The first-order chi connectivity index (χ1) is 9.69. The van der Waals surface area contributed by atoms with Crippen LogP contribution in [-0.4, -0.2) is 16.1 Å². The Morgan fingerprint density at radius 2 is 2.05 bits per heavy atom. The summed E-state index contributed by atoms with van der Waals surface area (Å²) < 4.78 is 3.18. The molecule has 2 aromatic carbocycles. The van der Waals surface area contributed by atoms with Crippen LogP contribution in [-0.2, 0) is 13.5 Å². The fourth-order valence-corrected chi connectivity index (χ4v) is 2.81. The van der Waals surface area contributed by atoms with E-state index in [9.17, 15) is 0 Å². The summed E-state index contributed by atoms with van der Waals surface area (Å²) in [6.07, 6.45) is 0.892. The Labute approximate surface area is 126 Å². The van der Waals surface area contributed by atoms with Crippen LogP contribution in [0.25, 0.3) is 22.4 Å². The summed E-state index contributed by atoms with van der Waals surface area (Å²) in [6, 6.07) is 14.6. The molecule has 102 valence electrons. The van der Waals surface area contributed by atoms with E-state index in [0.29, 0.717) is 6.54 Å². The molecule has 3 aromatic rings. The molecule has 0 unspecified atom stereocenters. The highest BCUT2D eigenvalue weighted by molar-refractivity contribution is 9.10. The van der Waals surface area contributed by atoms with E-state index in [1.54, 1.807) is 0 Å². The highest BCUT2D eigenvalue weighted by Gasteiger charge is 2.10. The van der Waals surface area contributed by atoms with Crippen LogP contribution < -0.4 is 5.73 Å². The minimum absolute atomic E-state index is 0.666. The quantitative estimate of drug-likeness (QED) is 0.799. The Balaban J connectivity index is 2.14. The summed E-state index contributed by atoms with van der Waals surface area (Å²) in [5.41, 5.74) is 10.1. The van der Waals surface area contributed by atoms with Crippen LogP contribution >= 0.6 is 15.9 Å². The predicted octanol–water partition coefficient (Wildman–Crippen LogP) is 3.50. The van der Waals surface area contributed by atoms with Gasteiger partial charge < -0.3 is 10.3 Å². The standard InChI is InChI=1S/C16H16BrN3/c1-20-15-6-5-13(17)10-14(15)19-16(20)12-4-2-3-11(9-12)7-8-18/h2-6,9-10H,7-8,18H2,1H3. The highest BCUT2D eigenvalue weighted by Crippen LogP contribution is 2.26. The summed E-state index contributed by atoms with van der Waals surface area (Å²) in [5.74, 6) is 0.983. The molecule has 2 N–H and O–H groups in total. The van der Waals surface area contributed by atoms with Gasteiger partial charge in [0.1, 0.15) is 5.82 Å². The molecule has 0 radical (unpaired) electrons. The zero-order valence-electron chi connectivity index (χ0n) is 11.3. The summed E-state index contributed by atoms with van der Waals surface area (Å²) in [5, 5.41) is 0. The third kappa shape index (κ3) is 2.37. The number of nitrogens with zero attached hydrogens (tertiary/aromatic N) is 2. The molecule has 0 spiro atoms. The van der Waals surface area contributed by atoms with Gasteiger partial charge in [-0.1, -0.05) is 34.1 Å². The molecule has 0 aliphatic heterocycles. The molecular formula is C16H16BrN3. The van der Waals surface area contributed by atoms with Gasteiger partial charge in [-0.25, -0.2) is 4.98 Å². The van der Waals surface area contributed by atoms with Crippen molar-refractivity contribution in [3.63, 3.8) is 0 Å². The Morgan fingerprint density at radius 3 is 2.85 bits per heavy atom. The number of nitrogens with two attached hydrogens (primary N) is 1. The van der Waals surface area contributed by atoms with Gasteiger partial charge in [0.05, 0.1) is 11.0 Å². The van der Waals surface area contributed by atoms with Crippen molar-refractivity contribution in [2.45, 2.75) is 6.42 Å². The molecule has 1 aromatic heterocycles. The van der Waals surface area contributed by atoms with Crippen LogP contribution in [0.15, 0.2) is 46.9 Å². The minimum Gasteiger partial charge on any atom is -0.330 e. The molecule has 0 aliphatic carbocycles. The Kier molecular flexibility index (Phi) is 3.59. The Morgan fingerprint density at radius 1 is 1.20 bits per heavy atom. The molecule has 0 fully saturated rings. The molecule has 4 heteroatoms. The predicted molar refractivity (Wildman–Crippen MR) is 86.6 cm³/mol. The van der Waals surface area contributed by atoms with E-state index < -0.39 is 0 Å². The largest absolute Gasteiger partial charge is 0.330 e. The lowest BCUT2D eigenvalue weighted by Gasteiger charge is -2.05. The van der Waals surface area contributed by atoms with Crippen molar-refractivity contribution in [1.29, 1.82) is 0 Å². The molecule has 20 heavy (non-hydrogen) atoms. The maximum atomic E-state index is 5.63. The van der Waals surface area contributed by atoms with E-state index in [1.807, 2.05) is 19.2 Å². The SMILES string of the molecule is Cn1c(-c2cccc(CCN)c2)nc2cc(Br)ccc21. The van der Waals surface area contributed by atoms with Gasteiger partial charge >= 0.3 is 0 Å². The molecule has 3 rings (SSSR count). The van der Waals surface area contributed by atoms with Gasteiger partial charge in [-0.05, 0) is 42.8 Å². The smallest absolute Gasteiger partial charge is 0.140 e. The second kappa shape index (κ2) is 5.38. The fraction of sp³-hybridized carbons (Fsp3) is 0.188. The molecule has 0 bridgehead atoms. The van der Waals surface area contributed by atoms with E-state index in [2.05, 4.69) is 50.8 Å². The maximum Gasteiger partial charge on any atom is 0.140 e. The van der Waals surface area contributed by atoms with Gasteiger partial charge in [0.2, 0.25) is 0 Å². The van der Waals surface area contributed by atoms with Gasteiger partial charge in [-0.3, -0.25) is 0 Å². The van der Waals surface area contributed by atoms with E-state index in [4.69, 9.17) is 10.7 Å². The van der Waals surface area contributed by atoms with Crippen molar-refractivity contribution in [2.24, 2.45) is 12.8 Å². The van der Waals surface area contributed by atoms with Gasteiger partial charge in [0, 0.05) is 17.1 Å². The van der Waals surface area contributed by atoms with Crippen molar-refractivity contribution >= 4 is 27.0 Å². The topological polar surface area (TPSA) is 43.8 Å². The van der Waals surface area contributed by atoms with Crippen molar-refractivity contribution in [3.05, 3.63) is 52.5 Å². The normalized spacial score (nSPS) is 11.2. The van der Waals surface area contributed by atoms with E-state index >= 15 is 0 Å².